The van der Waals surface area contributed by atoms with Crippen LogP contribution >= 0.6 is 0 Å². The van der Waals surface area contributed by atoms with Crippen molar-refractivity contribution in [2.45, 2.75) is 6.92 Å². The Labute approximate surface area is 105 Å². The van der Waals surface area contributed by atoms with Gasteiger partial charge in [-0.2, -0.15) is 0 Å². The SMILES string of the molecule is Cc1nc2ccccc2c(-c2ccccc2)c1F. The highest BCUT2D eigenvalue weighted by atomic mass is 19.1. The van der Waals surface area contributed by atoms with Gasteiger partial charge in [0.15, 0.2) is 5.82 Å². The van der Waals surface area contributed by atoms with E-state index >= 15 is 0 Å². The lowest BCUT2D eigenvalue weighted by molar-refractivity contribution is 0.616. The second-order valence-electron chi connectivity index (χ2n) is 4.27. The molecular weight excluding hydrogens is 225 g/mol. The first kappa shape index (κ1) is 10.9. The average Bonchev–Trinajstić information content (AvgIpc) is 2.41. The van der Waals surface area contributed by atoms with Crippen LogP contribution in [0.2, 0.25) is 0 Å². The Bertz CT molecular complexity index is 705. The number of fused-ring (bicyclic) bond motifs is 1. The fourth-order valence-corrected chi connectivity index (χ4v) is 2.20. The van der Waals surface area contributed by atoms with Gasteiger partial charge in [0.25, 0.3) is 0 Å². The lowest BCUT2D eigenvalue weighted by Crippen LogP contribution is -1.95. The lowest BCUT2D eigenvalue weighted by Gasteiger charge is -2.10. The molecule has 0 atom stereocenters. The van der Waals surface area contributed by atoms with Gasteiger partial charge in [0.2, 0.25) is 0 Å². The standard InChI is InChI=1S/C16H12FN/c1-11-16(17)15(12-7-3-2-4-8-12)13-9-5-6-10-14(13)18-11/h2-10H,1H3. The zero-order chi connectivity index (χ0) is 12.5. The highest BCUT2D eigenvalue weighted by Gasteiger charge is 2.13. The van der Waals surface area contributed by atoms with Crippen LogP contribution in [0.25, 0.3) is 22.0 Å². The van der Waals surface area contributed by atoms with E-state index in [1.807, 2.05) is 54.6 Å². The van der Waals surface area contributed by atoms with Crippen molar-refractivity contribution in [2.75, 3.05) is 0 Å². The third-order valence-electron chi connectivity index (χ3n) is 3.06. The minimum absolute atomic E-state index is 0.236. The zero-order valence-corrected chi connectivity index (χ0v) is 10.0. The van der Waals surface area contributed by atoms with Crippen LogP contribution in [0.5, 0.6) is 0 Å². The number of rotatable bonds is 1. The topological polar surface area (TPSA) is 12.9 Å². The Morgan fingerprint density at radius 1 is 0.889 bits per heavy atom. The number of benzene rings is 2. The zero-order valence-electron chi connectivity index (χ0n) is 10.0. The van der Waals surface area contributed by atoms with Crippen LogP contribution in [0.3, 0.4) is 0 Å². The van der Waals surface area contributed by atoms with E-state index < -0.39 is 0 Å². The molecule has 1 heterocycles. The summed E-state index contributed by atoms with van der Waals surface area (Å²) in [5.74, 6) is -0.236. The molecule has 3 rings (SSSR count). The second-order valence-corrected chi connectivity index (χ2v) is 4.27. The summed E-state index contributed by atoms with van der Waals surface area (Å²) in [6.45, 7) is 1.70. The molecule has 2 heteroatoms. The molecular formula is C16H12FN. The summed E-state index contributed by atoms with van der Waals surface area (Å²) in [6.07, 6.45) is 0. The number of pyridine rings is 1. The molecule has 0 aliphatic rings. The number of aryl methyl sites for hydroxylation is 1. The predicted octanol–water partition coefficient (Wildman–Crippen LogP) is 4.35. The maximum atomic E-state index is 14.4. The minimum atomic E-state index is -0.236. The number of hydrogen-bond acceptors (Lipinski definition) is 1. The Balaban J connectivity index is 2.43. The van der Waals surface area contributed by atoms with Gasteiger partial charge in [0.05, 0.1) is 11.2 Å². The van der Waals surface area contributed by atoms with Crippen LogP contribution in [0.1, 0.15) is 5.69 Å². The van der Waals surface area contributed by atoms with Gasteiger partial charge in [-0.15, -0.1) is 0 Å². The molecule has 18 heavy (non-hydrogen) atoms. The monoisotopic (exact) mass is 237 g/mol. The summed E-state index contributed by atoms with van der Waals surface area (Å²) < 4.78 is 14.4. The highest BCUT2D eigenvalue weighted by molar-refractivity contribution is 5.94. The van der Waals surface area contributed by atoms with Crippen LogP contribution in [0, 0.1) is 12.7 Å². The largest absolute Gasteiger partial charge is 0.250 e. The number of halogens is 1. The number of aromatic nitrogens is 1. The van der Waals surface area contributed by atoms with E-state index in [4.69, 9.17) is 0 Å². The van der Waals surface area contributed by atoms with Crippen molar-refractivity contribution in [3.8, 4) is 11.1 Å². The van der Waals surface area contributed by atoms with Gasteiger partial charge in [-0.05, 0) is 18.6 Å². The van der Waals surface area contributed by atoms with Crippen LogP contribution < -0.4 is 0 Å². The summed E-state index contributed by atoms with van der Waals surface area (Å²) in [5, 5.41) is 0.854. The first-order valence-corrected chi connectivity index (χ1v) is 5.87. The molecule has 0 radical (unpaired) electrons. The van der Waals surface area contributed by atoms with Crippen molar-refractivity contribution in [1.29, 1.82) is 0 Å². The van der Waals surface area contributed by atoms with E-state index in [-0.39, 0.29) is 5.82 Å². The molecule has 0 amide bonds. The Kier molecular flexibility index (Phi) is 2.56. The predicted molar refractivity (Wildman–Crippen MR) is 71.9 cm³/mol. The second kappa shape index (κ2) is 4.22. The van der Waals surface area contributed by atoms with Crippen LogP contribution in [0.4, 0.5) is 4.39 Å². The number of nitrogens with zero attached hydrogens (tertiary/aromatic N) is 1. The van der Waals surface area contributed by atoms with Crippen molar-refractivity contribution in [3.63, 3.8) is 0 Å². The maximum absolute atomic E-state index is 14.4. The minimum Gasteiger partial charge on any atom is -0.250 e. The highest BCUT2D eigenvalue weighted by Crippen LogP contribution is 2.31. The van der Waals surface area contributed by atoms with Gasteiger partial charge in [-0.3, -0.25) is 4.98 Å². The first-order chi connectivity index (χ1) is 8.77. The molecule has 1 aromatic heterocycles. The third-order valence-corrected chi connectivity index (χ3v) is 3.06. The summed E-state index contributed by atoms with van der Waals surface area (Å²) in [7, 11) is 0. The lowest BCUT2D eigenvalue weighted by atomic mass is 9.99. The molecule has 3 aromatic rings. The van der Waals surface area contributed by atoms with Gasteiger partial charge in [0, 0.05) is 10.9 Å². The normalized spacial score (nSPS) is 10.8. The molecule has 0 aliphatic heterocycles. The molecule has 2 aromatic carbocycles. The molecule has 0 bridgehead atoms. The Morgan fingerprint density at radius 3 is 2.33 bits per heavy atom. The van der Waals surface area contributed by atoms with E-state index in [1.54, 1.807) is 6.92 Å². The van der Waals surface area contributed by atoms with Crippen LogP contribution in [0.15, 0.2) is 54.6 Å². The molecule has 88 valence electrons. The number of para-hydroxylation sites is 1. The van der Waals surface area contributed by atoms with E-state index in [9.17, 15) is 4.39 Å². The molecule has 0 saturated carbocycles. The van der Waals surface area contributed by atoms with Crippen molar-refractivity contribution in [3.05, 3.63) is 66.1 Å². The Morgan fingerprint density at radius 2 is 1.56 bits per heavy atom. The van der Waals surface area contributed by atoms with E-state index in [1.165, 1.54) is 0 Å². The molecule has 0 fully saturated rings. The fraction of sp³-hybridized carbons (Fsp3) is 0.0625. The molecule has 0 aliphatic carbocycles. The number of hydrogen-bond donors (Lipinski definition) is 0. The first-order valence-electron chi connectivity index (χ1n) is 5.87. The summed E-state index contributed by atoms with van der Waals surface area (Å²) in [6, 6.07) is 17.2. The van der Waals surface area contributed by atoms with Gasteiger partial charge in [-0.25, -0.2) is 4.39 Å². The Hall–Kier alpha value is -2.22. The molecule has 0 saturated heterocycles. The fourth-order valence-electron chi connectivity index (χ4n) is 2.20. The summed E-state index contributed by atoms with van der Waals surface area (Å²) in [4.78, 5) is 4.29. The van der Waals surface area contributed by atoms with Crippen molar-refractivity contribution >= 4 is 10.9 Å². The molecule has 1 nitrogen and oxygen atoms in total. The van der Waals surface area contributed by atoms with Gasteiger partial charge < -0.3 is 0 Å². The van der Waals surface area contributed by atoms with E-state index in [2.05, 4.69) is 4.98 Å². The van der Waals surface area contributed by atoms with Gasteiger partial charge >= 0.3 is 0 Å². The van der Waals surface area contributed by atoms with Crippen LogP contribution in [-0.2, 0) is 0 Å². The summed E-state index contributed by atoms with van der Waals surface area (Å²) >= 11 is 0. The smallest absolute Gasteiger partial charge is 0.152 e. The maximum Gasteiger partial charge on any atom is 0.152 e. The van der Waals surface area contributed by atoms with Gasteiger partial charge in [0.1, 0.15) is 0 Å². The molecule has 0 N–H and O–H groups in total. The third kappa shape index (κ3) is 1.66. The van der Waals surface area contributed by atoms with Crippen molar-refractivity contribution in [1.82, 2.24) is 4.98 Å². The van der Waals surface area contributed by atoms with Crippen LogP contribution in [-0.4, -0.2) is 4.98 Å². The average molecular weight is 237 g/mol. The van der Waals surface area contributed by atoms with Crippen molar-refractivity contribution < 1.29 is 4.39 Å². The quantitative estimate of drug-likeness (QED) is 0.613. The van der Waals surface area contributed by atoms with Gasteiger partial charge in [-0.1, -0.05) is 48.5 Å². The summed E-state index contributed by atoms with van der Waals surface area (Å²) in [5.41, 5.74) is 2.79. The molecule has 0 spiro atoms. The van der Waals surface area contributed by atoms with E-state index in [0.717, 1.165) is 16.5 Å². The van der Waals surface area contributed by atoms with E-state index in [0.29, 0.717) is 11.3 Å². The molecule has 0 unspecified atom stereocenters. The van der Waals surface area contributed by atoms with Crippen molar-refractivity contribution in [2.24, 2.45) is 0 Å².